The quantitative estimate of drug-likeness (QED) is 0.636. The van der Waals surface area contributed by atoms with Crippen LogP contribution in [-0.4, -0.2) is 63.4 Å². The summed E-state index contributed by atoms with van der Waals surface area (Å²) in [6, 6.07) is 3.60. The number of ether oxygens (including phenoxy) is 3. The van der Waals surface area contributed by atoms with Gasteiger partial charge in [0.1, 0.15) is 0 Å². The van der Waals surface area contributed by atoms with Gasteiger partial charge in [0.05, 0.1) is 32.0 Å². The van der Waals surface area contributed by atoms with Gasteiger partial charge in [-0.3, -0.25) is 9.69 Å². The van der Waals surface area contributed by atoms with Gasteiger partial charge in [-0.15, -0.1) is 0 Å². The number of nitrogens with zero attached hydrogens (tertiary/aromatic N) is 1. The van der Waals surface area contributed by atoms with E-state index >= 15 is 0 Å². The minimum atomic E-state index is -0.160. The van der Waals surface area contributed by atoms with Crippen molar-refractivity contribution in [3.8, 4) is 11.5 Å². The van der Waals surface area contributed by atoms with Crippen molar-refractivity contribution in [2.24, 2.45) is 5.92 Å². The number of morpholine rings is 1. The predicted octanol–water partition coefficient (Wildman–Crippen LogP) is 3.61. The standard InChI is InChI=1S/C21H33ClN2O4/c1-5-15(6-2)18(24-8-10-27-11-9-24)14-23-21(25)16-12-17(22)20(28-7-3)19(13-16)26-4/h12-13,15,18H,5-11,14H2,1-4H3,(H,23,25). The van der Waals surface area contributed by atoms with Crippen LogP contribution in [0, 0.1) is 5.92 Å². The summed E-state index contributed by atoms with van der Waals surface area (Å²) in [5, 5.41) is 3.47. The number of hydrogen-bond acceptors (Lipinski definition) is 5. The van der Waals surface area contributed by atoms with Gasteiger partial charge in [-0.1, -0.05) is 38.3 Å². The zero-order valence-corrected chi connectivity index (χ0v) is 18.2. The van der Waals surface area contributed by atoms with Gasteiger partial charge in [-0.2, -0.15) is 0 Å². The molecule has 1 saturated heterocycles. The Balaban J connectivity index is 2.12. The molecule has 2 rings (SSSR count). The number of halogens is 1. The second kappa shape index (κ2) is 11.5. The van der Waals surface area contributed by atoms with Crippen LogP contribution in [0.1, 0.15) is 44.0 Å². The van der Waals surface area contributed by atoms with Crippen LogP contribution >= 0.6 is 11.6 Å². The third-order valence-corrected chi connectivity index (χ3v) is 5.64. The van der Waals surface area contributed by atoms with Crippen molar-refractivity contribution < 1.29 is 19.0 Å². The summed E-state index contributed by atoms with van der Waals surface area (Å²) in [4.78, 5) is 15.2. The lowest BCUT2D eigenvalue weighted by molar-refractivity contribution is 0.00191. The first kappa shape index (κ1) is 22.8. The molecule has 1 atom stereocenters. The number of nitrogens with one attached hydrogen (secondary N) is 1. The van der Waals surface area contributed by atoms with Gasteiger partial charge in [-0.05, 0) is 25.0 Å². The van der Waals surface area contributed by atoms with Gasteiger partial charge in [0.25, 0.3) is 5.91 Å². The minimum absolute atomic E-state index is 0.160. The molecule has 1 N–H and O–H groups in total. The van der Waals surface area contributed by atoms with E-state index in [0.717, 1.165) is 39.1 Å². The summed E-state index contributed by atoms with van der Waals surface area (Å²) in [6.45, 7) is 10.7. The molecule has 0 aliphatic carbocycles. The lowest BCUT2D eigenvalue weighted by atomic mass is 9.92. The van der Waals surface area contributed by atoms with Crippen LogP contribution in [0.25, 0.3) is 0 Å². The maximum Gasteiger partial charge on any atom is 0.251 e. The van der Waals surface area contributed by atoms with Gasteiger partial charge in [0, 0.05) is 31.2 Å². The molecule has 6 nitrogen and oxygen atoms in total. The van der Waals surface area contributed by atoms with Crippen molar-refractivity contribution in [3.63, 3.8) is 0 Å². The monoisotopic (exact) mass is 412 g/mol. The van der Waals surface area contributed by atoms with E-state index in [0.29, 0.717) is 47.2 Å². The average molecular weight is 413 g/mol. The number of carbonyl (C=O) groups is 1. The Morgan fingerprint density at radius 2 is 1.93 bits per heavy atom. The van der Waals surface area contributed by atoms with Crippen molar-refractivity contribution in [1.29, 1.82) is 0 Å². The molecule has 158 valence electrons. The molecule has 7 heteroatoms. The third kappa shape index (κ3) is 5.75. The molecule has 1 heterocycles. The number of methoxy groups -OCH3 is 1. The zero-order chi connectivity index (χ0) is 20.5. The third-order valence-electron chi connectivity index (χ3n) is 5.36. The predicted molar refractivity (Wildman–Crippen MR) is 112 cm³/mol. The maximum absolute atomic E-state index is 12.8. The second-order valence-electron chi connectivity index (χ2n) is 6.92. The van der Waals surface area contributed by atoms with Crippen molar-refractivity contribution in [1.82, 2.24) is 10.2 Å². The Morgan fingerprint density at radius 1 is 1.25 bits per heavy atom. The Kier molecular flexibility index (Phi) is 9.35. The molecule has 1 aromatic carbocycles. The molecule has 1 unspecified atom stereocenters. The van der Waals surface area contributed by atoms with Crippen molar-refractivity contribution in [3.05, 3.63) is 22.7 Å². The van der Waals surface area contributed by atoms with E-state index in [9.17, 15) is 4.79 Å². The van der Waals surface area contributed by atoms with Crippen LogP contribution in [0.3, 0.4) is 0 Å². The van der Waals surface area contributed by atoms with Crippen molar-refractivity contribution in [2.75, 3.05) is 46.6 Å². The van der Waals surface area contributed by atoms with Gasteiger partial charge in [-0.25, -0.2) is 0 Å². The zero-order valence-electron chi connectivity index (χ0n) is 17.4. The lowest BCUT2D eigenvalue weighted by Crippen LogP contribution is -2.52. The molecule has 0 spiro atoms. The fraction of sp³-hybridized carbons (Fsp3) is 0.667. The molecule has 0 aromatic heterocycles. The largest absolute Gasteiger partial charge is 0.493 e. The van der Waals surface area contributed by atoms with E-state index in [1.165, 1.54) is 7.11 Å². The van der Waals surface area contributed by atoms with E-state index in [2.05, 4.69) is 24.1 Å². The number of amides is 1. The van der Waals surface area contributed by atoms with Crippen LogP contribution in [0.5, 0.6) is 11.5 Å². The van der Waals surface area contributed by atoms with Crippen LogP contribution < -0.4 is 14.8 Å². The fourth-order valence-electron chi connectivity index (χ4n) is 3.77. The summed E-state index contributed by atoms with van der Waals surface area (Å²) < 4.78 is 16.4. The summed E-state index contributed by atoms with van der Waals surface area (Å²) >= 11 is 6.31. The summed E-state index contributed by atoms with van der Waals surface area (Å²) in [5.41, 5.74) is 0.468. The van der Waals surface area contributed by atoms with E-state index < -0.39 is 0 Å². The summed E-state index contributed by atoms with van der Waals surface area (Å²) in [6.07, 6.45) is 2.16. The Morgan fingerprint density at radius 3 is 2.50 bits per heavy atom. The molecule has 28 heavy (non-hydrogen) atoms. The highest BCUT2D eigenvalue weighted by Gasteiger charge is 2.27. The van der Waals surface area contributed by atoms with E-state index in [1.54, 1.807) is 12.1 Å². The summed E-state index contributed by atoms with van der Waals surface area (Å²) in [7, 11) is 1.54. The van der Waals surface area contributed by atoms with Gasteiger partial charge >= 0.3 is 0 Å². The number of rotatable bonds is 10. The van der Waals surface area contributed by atoms with E-state index in [1.807, 2.05) is 6.92 Å². The average Bonchev–Trinajstić information content (AvgIpc) is 2.72. The van der Waals surface area contributed by atoms with Crippen LogP contribution in [0.4, 0.5) is 0 Å². The number of benzene rings is 1. The fourth-order valence-corrected chi connectivity index (χ4v) is 4.04. The molecule has 0 saturated carbocycles. The second-order valence-corrected chi connectivity index (χ2v) is 7.33. The highest BCUT2D eigenvalue weighted by atomic mass is 35.5. The van der Waals surface area contributed by atoms with Gasteiger partial charge in [0.15, 0.2) is 11.5 Å². The molecule has 1 aromatic rings. The molecular weight excluding hydrogens is 380 g/mol. The molecule has 1 fully saturated rings. The maximum atomic E-state index is 12.8. The number of hydrogen-bond donors (Lipinski definition) is 1. The Hall–Kier alpha value is -1.50. The SMILES string of the molecule is CCOc1c(Cl)cc(C(=O)NCC(C(CC)CC)N2CCOCC2)cc1OC. The normalized spacial score (nSPS) is 16.1. The van der Waals surface area contributed by atoms with Crippen molar-refractivity contribution >= 4 is 17.5 Å². The Labute approximate surface area is 173 Å². The molecule has 0 bridgehead atoms. The van der Waals surface area contributed by atoms with E-state index in [4.69, 9.17) is 25.8 Å². The van der Waals surface area contributed by atoms with Gasteiger partial charge in [0.2, 0.25) is 0 Å². The first-order valence-corrected chi connectivity index (χ1v) is 10.5. The number of carbonyl (C=O) groups excluding carboxylic acids is 1. The van der Waals surface area contributed by atoms with Crippen LogP contribution in [-0.2, 0) is 4.74 Å². The van der Waals surface area contributed by atoms with E-state index in [-0.39, 0.29) is 5.91 Å². The molecule has 1 amide bonds. The molecule has 1 aliphatic rings. The summed E-state index contributed by atoms with van der Waals surface area (Å²) in [5.74, 6) is 1.29. The Bertz CT molecular complexity index is 631. The van der Waals surface area contributed by atoms with Crippen LogP contribution in [0.2, 0.25) is 5.02 Å². The van der Waals surface area contributed by atoms with Crippen molar-refractivity contribution in [2.45, 2.75) is 39.7 Å². The smallest absolute Gasteiger partial charge is 0.251 e. The topological polar surface area (TPSA) is 60.0 Å². The van der Waals surface area contributed by atoms with Gasteiger partial charge < -0.3 is 19.5 Å². The lowest BCUT2D eigenvalue weighted by Gasteiger charge is -2.38. The first-order chi connectivity index (χ1) is 13.5. The molecule has 0 radical (unpaired) electrons. The highest BCUT2D eigenvalue weighted by molar-refractivity contribution is 6.32. The minimum Gasteiger partial charge on any atom is -0.493 e. The van der Waals surface area contributed by atoms with Crippen LogP contribution in [0.15, 0.2) is 12.1 Å². The molecule has 1 aliphatic heterocycles. The highest BCUT2D eigenvalue weighted by Crippen LogP contribution is 2.36. The molecular formula is C21H33ClN2O4. The first-order valence-electron chi connectivity index (χ1n) is 10.2.